The Hall–Kier alpha value is -2.20. The SMILES string of the molecule is COC(=O)c1ccc(C=CC(=O)c2cccc(Br)c2)cc1. The number of methoxy groups -OCH3 is 1. The van der Waals surface area contributed by atoms with Crippen LogP contribution in [0.4, 0.5) is 0 Å². The number of carbonyl (C=O) groups excluding carboxylic acids is 2. The molecule has 2 aromatic carbocycles. The summed E-state index contributed by atoms with van der Waals surface area (Å²) < 4.78 is 5.49. The normalized spacial score (nSPS) is 10.6. The van der Waals surface area contributed by atoms with Crippen LogP contribution in [0.25, 0.3) is 6.08 Å². The van der Waals surface area contributed by atoms with Gasteiger partial charge in [0, 0.05) is 10.0 Å². The predicted molar refractivity (Wildman–Crippen MR) is 85.3 cm³/mol. The second-order valence-electron chi connectivity index (χ2n) is 4.32. The molecule has 0 aromatic heterocycles. The van der Waals surface area contributed by atoms with E-state index in [0.29, 0.717) is 11.1 Å². The monoisotopic (exact) mass is 344 g/mol. The summed E-state index contributed by atoms with van der Waals surface area (Å²) in [6, 6.07) is 14.1. The minimum atomic E-state index is -0.379. The lowest BCUT2D eigenvalue weighted by Gasteiger charge is -1.99. The van der Waals surface area contributed by atoms with Gasteiger partial charge in [0.25, 0.3) is 0 Å². The van der Waals surface area contributed by atoms with Gasteiger partial charge in [-0.15, -0.1) is 0 Å². The van der Waals surface area contributed by atoms with Gasteiger partial charge in [-0.3, -0.25) is 4.79 Å². The fraction of sp³-hybridized carbons (Fsp3) is 0.0588. The van der Waals surface area contributed by atoms with Gasteiger partial charge in [-0.25, -0.2) is 4.79 Å². The fourth-order valence-electron chi connectivity index (χ4n) is 1.76. The van der Waals surface area contributed by atoms with Crippen molar-refractivity contribution in [1.29, 1.82) is 0 Å². The Kier molecular flexibility index (Phi) is 5.06. The van der Waals surface area contributed by atoms with E-state index in [1.54, 1.807) is 42.5 Å². The lowest BCUT2D eigenvalue weighted by atomic mass is 10.1. The van der Waals surface area contributed by atoms with Crippen molar-refractivity contribution in [3.05, 3.63) is 75.8 Å². The van der Waals surface area contributed by atoms with Crippen molar-refractivity contribution in [3.8, 4) is 0 Å². The molecule has 2 aromatic rings. The predicted octanol–water partition coefficient (Wildman–Crippen LogP) is 4.13. The molecule has 0 aliphatic rings. The minimum absolute atomic E-state index is 0.0756. The van der Waals surface area contributed by atoms with Crippen molar-refractivity contribution >= 4 is 33.8 Å². The first-order chi connectivity index (χ1) is 10.1. The number of halogens is 1. The Labute approximate surface area is 131 Å². The second kappa shape index (κ2) is 6.99. The lowest BCUT2D eigenvalue weighted by molar-refractivity contribution is 0.0600. The average molecular weight is 345 g/mol. The quantitative estimate of drug-likeness (QED) is 0.475. The minimum Gasteiger partial charge on any atom is -0.465 e. The van der Waals surface area contributed by atoms with Crippen LogP contribution in [0.15, 0.2) is 59.1 Å². The molecule has 0 amide bonds. The number of benzene rings is 2. The summed E-state index contributed by atoms with van der Waals surface area (Å²) in [6.45, 7) is 0. The van der Waals surface area contributed by atoms with Gasteiger partial charge in [0.1, 0.15) is 0 Å². The highest BCUT2D eigenvalue weighted by atomic mass is 79.9. The largest absolute Gasteiger partial charge is 0.465 e. The number of hydrogen-bond donors (Lipinski definition) is 0. The third-order valence-electron chi connectivity index (χ3n) is 2.87. The van der Waals surface area contributed by atoms with Crippen LogP contribution in [-0.2, 0) is 4.74 Å². The zero-order chi connectivity index (χ0) is 15.2. The van der Waals surface area contributed by atoms with E-state index in [4.69, 9.17) is 0 Å². The van der Waals surface area contributed by atoms with E-state index in [1.807, 2.05) is 12.1 Å². The number of allylic oxidation sites excluding steroid dienone is 1. The summed E-state index contributed by atoms with van der Waals surface area (Å²) in [7, 11) is 1.34. The van der Waals surface area contributed by atoms with Crippen molar-refractivity contribution < 1.29 is 14.3 Å². The molecule has 0 saturated heterocycles. The van der Waals surface area contributed by atoms with Gasteiger partial charge in [0.2, 0.25) is 0 Å². The molecule has 0 radical (unpaired) electrons. The maximum atomic E-state index is 12.0. The number of rotatable bonds is 4. The molecule has 0 saturated carbocycles. The summed E-state index contributed by atoms with van der Waals surface area (Å²) in [4.78, 5) is 23.3. The van der Waals surface area contributed by atoms with E-state index < -0.39 is 0 Å². The standard InChI is InChI=1S/C17H13BrO3/c1-21-17(20)13-8-5-12(6-9-13)7-10-16(19)14-3-2-4-15(18)11-14/h2-11H,1H3. The molecular formula is C17H13BrO3. The Morgan fingerprint density at radius 1 is 1.05 bits per heavy atom. The molecule has 0 aliphatic heterocycles. The molecule has 21 heavy (non-hydrogen) atoms. The summed E-state index contributed by atoms with van der Waals surface area (Å²) in [6.07, 6.45) is 3.22. The molecule has 0 atom stereocenters. The maximum absolute atomic E-state index is 12.0. The van der Waals surface area contributed by atoms with Crippen LogP contribution in [0.2, 0.25) is 0 Å². The van der Waals surface area contributed by atoms with Gasteiger partial charge < -0.3 is 4.74 Å². The molecule has 106 valence electrons. The molecule has 0 bridgehead atoms. The smallest absolute Gasteiger partial charge is 0.337 e. The number of ether oxygens (including phenoxy) is 1. The lowest BCUT2D eigenvalue weighted by Crippen LogP contribution is -2.00. The van der Waals surface area contributed by atoms with E-state index in [0.717, 1.165) is 10.0 Å². The summed E-state index contributed by atoms with van der Waals surface area (Å²) in [5, 5.41) is 0. The summed E-state index contributed by atoms with van der Waals surface area (Å²) >= 11 is 3.33. The number of carbonyl (C=O) groups is 2. The van der Waals surface area contributed by atoms with Crippen molar-refractivity contribution in [2.24, 2.45) is 0 Å². The molecule has 2 rings (SSSR count). The van der Waals surface area contributed by atoms with E-state index in [-0.39, 0.29) is 11.8 Å². The van der Waals surface area contributed by atoms with Crippen LogP contribution in [0, 0.1) is 0 Å². The van der Waals surface area contributed by atoms with Crippen molar-refractivity contribution in [2.75, 3.05) is 7.11 Å². The van der Waals surface area contributed by atoms with Gasteiger partial charge in [-0.05, 0) is 35.9 Å². The highest BCUT2D eigenvalue weighted by Crippen LogP contribution is 2.13. The topological polar surface area (TPSA) is 43.4 Å². The first-order valence-electron chi connectivity index (χ1n) is 6.26. The summed E-state index contributed by atoms with van der Waals surface area (Å²) in [5.41, 5.74) is 1.94. The zero-order valence-corrected chi connectivity index (χ0v) is 13.0. The number of hydrogen-bond acceptors (Lipinski definition) is 3. The fourth-order valence-corrected chi connectivity index (χ4v) is 2.16. The molecule has 4 heteroatoms. The average Bonchev–Trinajstić information content (AvgIpc) is 2.52. The first-order valence-corrected chi connectivity index (χ1v) is 7.06. The molecular weight excluding hydrogens is 332 g/mol. The van der Waals surface area contributed by atoms with E-state index in [2.05, 4.69) is 20.7 Å². The first kappa shape index (κ1) is 15.2. The van der Waals surface area contributed by atoms with Gasteiger partial charge in [0.15, 0.2) is 5.78 Å². The van der Waals surface area contributed by atoms with Crippen LogP contribution in [0.3, 0.4) is 0 Å². The van der Waals surface area contributed by atoms with Gasteiger partial charge in [-0.1, -0.05) is 46.3 Å². The highest BCUT2D eigenvalue weighted by molar-refractivity contribution is 9.10. The zero-order valence-electron chi connectivity index (χ0n) is 11.4. The third-order valence-corrected chi connectivity index (χ3v) is 3.36. The Morgan fingerprint density at radius 2 is 1.76 bits per heavy atom. The Bertz CT molecular complexity index is 687. The van der Waals surface area contributed by atoms with Crippen LogP contribution in [-0.4, -0.2) is 18.9 Å². The van der Waals surface area contributed by atoms with Crippen LogP contribution < -0.4 is 0 Å². The molecule has 0 unspecified atom stereocenters. The Morgan fingerprint density at radius 3 is 2.38 bits per heavy atom. The van der Waals surface area contributed by atoms with Gasteiger partial charge in [-0.2, -0.15) is 0 Å². The molecule has 0 heterocycles. The van der Waals surface area contributed by atoms with Crippen molar-refractivity contribution in [3.63, 3.8) is 0 Å². The number of esters is 1. The van der Waals surface area contributed by atoms with Gasteiger partial charge >= 0.3 is 5.97 Å². The Balaban J connectivity index is 2.10. The van der Waals surface area contributed by atoms with E-state index >= 15 is 0 Å². The van der Waals surface area contributed by atoms with Crippen molar-refractivity contribution in [1.82, 2.24) is 0 Å². The van der Waals surface area contributed by atoms with Crippen LogP contribution in [0.5, 0.6) is 0 Å². The molecule has 0 aliphatic carbocycles. The van der Waals surface area contributed by atoms with Crippen LogP contribution in [0.1, 0.15) is 26.3 Å². The van der Waals surface area contributed by atoms with Gasteiger partial charge in [0.05, 0.1) is 12.7 Å². The highest BCUT2D eigenvalue weighted by Gasteiger charge is 2.04. The summed E-state index contributed by atoms with van der Waals surface area (Å²) in [5.74, 6) is -0.455. The third kappa shape index (κ3) is 4.13. The van der Waals surface area contributed by atoms with Crippen molar-refractivity contribution in [2.45, 2.75) is 0 Å². The molecule has 0 N–H and O–H groups in total. The maximum Gasteiger partial charge on any atom is 0.337 e. The van der Waals surface area contributed by atoms with E-state index in [1.165, 1.54) is 13.2 Å². The molecule has 0 fully saturated rings. The molecule has 0 spiro atoms. The van der Waals surface area contributed by atoms with E-state index in [9.17, 15) is 9.59 Å². The number of ketones is 1. The second-order valence-corrected chi connectivity index (χ2v) is 5.24. The van der Waals surface area contributed by atoms with Crippen LogP contribution >= 0.6 is 15.9 Å². The molecule has 3 nitrogen and oxygen atoms in total.